The van der Waals surface area contributed by atoms with Gasteiger partial charge < -0.3 is 11.5 Å². The Morgan fingerprint density at radius 2 is 1.71 bits per heavy atom. The Morgan fingerprint density at radius 1 is 1.14 bits per heavy atom. The number of hydrogen-bond acceptors (Lipinski definition) is 3. The van der Waals surface area contributed by atoms with Crippen molar-refractivity contribution in [1.82, 2.24) is 0 Å². The molecular weight excluding hydrogens is 206 g/mol. The predicted octanol–water partition coefficient (Wildman–Crippen LogP) is -0.292. The lowest BCUT2D eigenvalue weighted by Crippen LogP contribution is -2.22. The topological polar surface area (TPSA) is 119 Å². The molecule has 0 fully saturated rings. The van der Waals surface area contributed by atoms with Gasteiger partial charge in [-0.1, -0.05) is 12.8 Å². The molecule has 0 aromatic carbocycles. The molecule has 0 spiro atoms. The van der Waals surface area contributed by atoms with Crippen LogP contribution >= 0.6 is 0 Å². The van der Waals surface area contributed by atoms with Crippen LogP contribution in [0.5, 0.6) is 0 Å². The summed E-state index contributed by atoms with van der Waals surface area (Å²) in [6, 6.07) is 0. The van der Waals surface area contributed by atoms with E-state index >= 15 is 0 Å². The number of nitrogens with zero attached hydrogens (tertiary/aromatic N) is 1. The fraction of sp³-hybridized carbons (Fsp3) is 0.857. The van der Waals surface area contributed by atoms with Crippen LogP contribution in [-0.4, -0.2) is 31.2 Å². The average Bonchev–Trinajstić information content (AvgIpc) is 2.00. The average molecular weight is 223 g/mol. The monoisotopic (exact) mass is 223 g/mol. The molecule has 0 aromatic heterocycles. The van der Waals surface area contributed by atoms with Crippen molar-refractivity contribution < 1.29 is 13.0 Å². The molecular formula is C7H17N3O3S. The summed E-state index contributed by atoms with van der Waals surface area (Å²) in [6.07, 6.45) is 2.90. The maximum Gasteiger partial charge on any atom is 0.264 e. The molecule has 0 heterocycles. The van der Waals surface area contributed by atoms with Crippen LogP contribution in [0, 0.1) is 0 Å². The van der Waals surface area contributed by atoms with Crippen LogP contribution in [0.1, 0.15) is 25.7 Å². The molecule has 14 heavy (non-hydrogen) atoms. The maximum atomic E-state index is 10.3. The largest absolute Gasteiger partial charge is 0.370 e. The summed E-state index contributed by atoms with van der Waals surface area (Å²) in [5, 5.41) is 0. The molecule has 0 radical (unpaired) electrons. The van der Waals surface area contributed by atoms with E-state index in [2.05, 4.69) is 4.99 Å². The molecule has 0 atom stereocenters. The molecule has 0 unspecified atom stereocenters. The Kier molecular flexibility index (Phi) is 6.22. The van der Waals surface area contributed by atoms with E-state index in [4.69, 9.17) is 16.0 Å². The Balaban J connectivity index is 3.27. The van der Waals surface area contributed by atoms with Gasteiger partial charge in [-0.25, -0.2) is 0 Å². The molecule has 0 saturated heterocycles. The molecule has 6 nitrogen and oxygen atoms in total. The fourth-order valence-electron chi connectivity index (χ4n) is 0.958. The first-order chi connectivity index (χ1) is 6.42. The van der Waals surface area contributed by atoms with Gasteiger partial charge in [0.15, 0.2) is 5.96 Å². The third-order valence-electron chi connectivity index (χ3n) is 1.60. The first-order valence-corrected chi connectivity index (χ1v) is 6.03. The predicted molar refractivity (Wildman–Crippen MR) is 55.6 cm³/mol. The van der Waals surface area contributed by atoms with Crippen LogP contribution in [0.4, 0.5) is 0 Å². The second-order valence-electron chi connectivity index (χ2n) is 3.01. The van der Waals surface area contributed by atoms with Crippen LogP contribution in [0.2, 0.25) is 0 Å². The summed E-state index contributed by atoms with van der Waals surface area (Å²) < 4.78 is 29.0. The molecule has 0 rings (SSSR count). The van der Waals surface area contributed by atoms with Crippen molar-refractivity contribution in [1.29, 1.82) is 0 Å². The lowest BCUT2D eigenvalue weighted by Gasteiger charge is -1.98. The Bertz CT molecular complexity index is 270. The van der Waals surface area contributed by atoms with Gasteiger partial charge in [0.25, 0.3) is 10.1 Å². The van der Waals surface area contributed by atoms with Gasteiger partial charge in [-0.05, 0) is 12.8 Å². The third-order valence-corrected chi connectivity index (χ3v) is 2.41. The molecule has 0 aliphatic rings. The van der Waals surface area contributed by atoms with Crippen molar-refractivity contribution in [2.45, 2.75) is 25.7 Å². The van der Waals surface area contributed by atoms with Crippen LogP contribution in [0.15, 0.2) is 4.99 Å². The first kappa shape index (κ1) is 13.2. The smallest absolute Gasteiger partial charge is 0.264 e. The number of rotatable bonds is 7. The zero-order valence-corrected chi connectivity index (χ0v) is 8.83. The van der Waals surface area contributed by atoms with Crippen molar-refractivity contribution in [2.24, 2.45) is 16.5 Å². The molecule has 0 saturated carbocycles. The second kappa shape index (κ2) is 6.61. The van der Waals surface area contributed by atoms with E-state index in [1.54, 1.807) is 0 Å². The van der Waals surface area contributed by atoms with E-state index < -0.39 is 10.1 Å². The Labute approximate surface area is 84.1 Å². The Morgan fingerprint density at radius 3 is 2.21 bits per heavy atom. The zero-order chi connectivity index (χ0) is 11.0. The van der Waals surface area contributed by atoms with E-state index in [1.165, 1.54) is 0 Å². The van der Waals surface area contributed by atoms with Gasteiger partial charge in [0, 0.05) is 6.54 Å². The lowest BCUT2D eigenvalue weighted by atomic mass is 10.2. The van der Waals surface area contributed by atoms with Gasteiger partial charge in [-0.2, -0.15) is 8.42 Å². The second-order valence-corrected chi connectivity index (χ2v) is 4.58. The maximum absolute atomic E-state index is 10.3. The van der Waals surface area contributed by atoms with Gasteiger partial charge in [0.1, 0.15) is 0 Å². The standard InChI is InChI=1S/C7H17N3O3S/c8-7(9)10-5-3-1-2-4-6-14(11,12)13/h1-6H2,(H4,8,9,10)(H,11,12,13). The summed E-state index contributed by atoms with van der Waals surface area (Å²) in [7, 11) is -3.80. The summed E-state index contributed by atoms with van der Waals surface area (Å²) >= 11 is 0. The van der Waals surface area contributed by atoms with Gasteiger partial charge >= 0.3 is 0 Å². The molecule has 0 aliphatic heterocycles. The molecule has 84 valence electrons. The molecule has 5 N–H and O–H groups in total. The van der Waals surface area contributed by atoms with Crippen LogP contribution < -0.4 is 11.5 Å². The van der Waals surface area contributed by atoms with Crippen molar-refractivity contribution in [3.05, 3.63) is 0 Å². The van der Waals surface area contributed by atoms with Crippen LogP contribution in [0.3, 0.4) is 0 Å². The van der Waals surface area contributed by atoms with Crippen LogP contribution in [0.25, 0.3) is 0 Å². The Hall–Kier alpha value is -0.820. The summed E-state index contributed by atoms with van der Waals surface area (Å²) in [5.74, 6) is -0.0992. The molecule has 0 bridgehead atoms. The molecule has 0 aliphatic carbocycles. The third kappa shape index (κ3) is 11.2. The van der Waals surface area contributed by atoms with Crippen molar-refractivity contribution >= 4 is 16.1 Å². The fourth-order valence-corrected chi connectivity index (χ4v) is 1.53. The SMILES string of the molecule is NC(N)=NCCCCCCS(=O)(=O)O. The number of unbranched alkanes of at least 4 members (excludes halogenated alkanes) is 3. The normalized spacial score (nSPS) is 11.2. The van der Waals surface area contributed by atoms with Gasteiger partial charge in [0.05, 0.1) is 5.75 Å². The van der Waals surface area contributed by atoms with Crippen molar-refractivity contribution in [3.8, 4) is 0 Å². The quantitative estimate of drug-likeness (QED) is 0.237. The van der Waals surface area contributed by atoms with E-state index in [1.807, 2.05) is 0 Å². The molecule has 0 amide bonds. The van der Waals surface area contributed by atoms with Crippen LogP contribution in [-0.2, 0) is 10.1 Å². The molecule has 0 aromatic rings. The lowest BCUT2D eigenvalue weighted by molar-refractivity contribution is 0.479. The van der Waals surface area contributed by atoms with Gasteiger partial charge in [-0.3, -0.25) is 9.55 Å². The minimum Gasteiger partial charge on any atom is -0.370 e. The van der Waals surface area contributed by atoms with E-state index in [0.717, 1.165) is 19.3 Å². The number of aliphatic imine (C=N–C) groups is 1. The van der Waals surface area contributed by atoms with E-state index in [-0.39, 0.29) is 11.7 Å². The van der Waals surface area contributed by atoms with E-state index in [9.17, 15) is 8.42 Å². The summed E-state index contributed by atoms with van der Waals surface area (Å²) in [4.78, 5) is 3.78. The summed E-state index contributed by atoms with van der Waals surface area (Å²) in [6.45, 7) is 0.564. The highest BCUT2D eigenvalue weighted by atomic mass is 32.2. The highest BCUT2D eigenvalue weighted by Gasteiger charge is 2.02. The number of nitrogens with two attached hydrogens (primary N) is 2. The highest BCUT2D eigenvalue weighted by Crippen LogP contribution is 2.01. The van der Waals surface area contributed by atoms with Gasteiger partial charge in [-0.15, -0.1) is 0 Å². The molecule has 7 heteroatoms. The number of hydrogen-bond donors (Lipinski definition) is 3. The van der Waals surface area contributed by atoms with Gasteiger partial charge in [0.2, 0.25) is 0 Å². The minimum absolute atomic E-state index is 0.0722. The zero-order valence-electron chi connectivity index (χ0n) is 8.02. The van der Waals surface area contributed by atoms with Crippen molar-refractivity contribution in [2.75, 3.05) is 12.3 Å². The van der Waals surface area contributed by atoms with Crippen molar-refractivity contribution in [3.63, 3.8) is 0 Å². The minimum atomic E-state index is -3.80. The summed E-state index contributed by atoms with van der Waals surface area (Å²) in [5.41, 5.74) is 10.2. The highest BCUT2D eigenvalue weighted by molar-refractivity contribution is 7.85. The first-order valence-electron chi connectivity index (χ1n) is 4.42. The number of guanidine groups is 1. The van der Waals surface area contributed by atoms with E-state index in [0.29, 0.717) is 13.0 Å².